The summed E-state index contributed by atoms with van der Waals surface area (Å²) in [6.45, 7) is 0. The maximum atomic E-state index is 12.6. The zero-order chi connectivity index (χ0) is 8.27. The molecule has 11 heavy (non-hydrogen) atoms. The first-order chi connectivity index (χ1) is 5.20. The number of halogens is 1. The SMILES string of the molecule is O=C(O)Cc1ccncc1F. The normalized spacial score (nSPS) is 9.55. The van der Waals surface area contributed by atoms with Crippen LogP contribution in [0, 0.1) is 5.82 Å². The van der Waals surface area contributed by atoms with Gasteiger partial charge >= 0.3 is 5.97 Å². The molecule has 3 nitrogen and oxygen atoms in total. The Morgan fingerprint density at radius 2 is 2.45 bits per heavy atom. The molecule has 0 aromatic carbocycles. The van der Waals surface area contributed by atoms with E-state index in [0.717, 1.165) is 6.20 Å². The Balaban J connectivity index is 2.86. The van der Waals surface area contributed by atoms with Gasteiger partial charge in [-0.3, -0.25) is 9.78 Å². The second-order valence-corrected chi connectivity index (χ2v) is 2.04. The summed E-state index contributed by atoms with van der Waals surface area (Å²) in [6.07, 6.45) is 2.06. The quantitative estimate of drug-likeness (QED) is 0.688. The van der Waals surface area contributed by atoms with Crippen LogP contribution in [0.4, 0.5) is 4.39 Å². The van der Waals surface area contributed by atoms with E-state index in [0.29, 0.717) is 0 Å². The van der Waals surface area contributed by atoms with Gasteiger partial charge in [0.05, 0.1) is 12.6 Å². The van der Waals surface area contributed by atoms with Crippen LogP contribution >= 0.6 is 0 Å². The van der Waals surface area contributed by atoms with Crippen LogP contribution in [0.25, 0.3) is 0 Å². The summed E-state index contributed by atoms with van der Waals surface area (Å²) in [5, 5.41) is 8.30. The highest BCUT2D eigenvalue weighted by atomic mass is 19.1. The van der Waals surface area contributed by atoms with E-state index < -0.39 is 11.8 Å². The van der Waals surface area contributed by atoms with Gasteiger partial charge in [-0.05, 0) is 6.07 Å². The number of aliphatic carboxylic acids is 1. The van der Waals surface area contributed by atoms with Gasteiger partial charge in [-0.2, -0.15) is 0 Å². The predicted octanol–water partition coefficient (Wildman–Crippen LogP) is 0.848. The van der Waals surface area contributed by atoms with Crippen LogP contribution in [0.1, 0.15) is 5.56 Å². The molecule has 4 heteroatoms. The molecular weight excluding hydrogens is 149 g/mol. The molecule has 0 radical (unpaired) electrons. The lowest BCUT2D eigenvalue weighted by Crippen LogP contribution is -2.02. The predicted molar refractivity (Wildman–Crippen MR) is 35.5 cm³/mol. The van der Waals surface area contributed by atoms with Gasteiger partial charge in [0.15, 0.2) is 0 Å². The number of hydrogen-bond donors (Lipinski definition) is 1. The third-order valence-corrected chi connectivity index (χ3v) is 1.20. The summed E-state index contributed by atoms with van der Waals surface area (Å²) in [4.78, 5) is 13.6. The minimum atomic E-state index is -1.05. The second kappa shape index (κ2) is 3.09. The van der Waals surface area contributed by atoms with E-state index in [1.807, 2.05) is 0 Å². The van der Waals surface area contributed by atoms with Crippen molar-refractivity contribution in [2.45, 2.75) is 6.42 Å². The Hall–Kier alpha value is -1.45. The average Bonchev–Trinajstić information content (AvgIpc) is 1.93. The molecule has 0 amide bonds. The van der Waals surface area contributed by atoms with Gasteiger partial charge in [-0.25, -0.2) is 4.39 Å². The van der Waals surface area contributed by atoms with E-state index in [4.69, 9.17) is 5.11 Å². The van der Waals surface area contributed by atoms with Gasteiger partial charge in [-0.1, -0.05) is 0 Å². The Labute approximate surface area is 62.5 Å². The number of carboxylic acid groups (broad SMARTS) is 1. The van der Waals surface area contributed by atoms with Gasteiger partial charge in [0.2, 0.25) is 0 Å². The van der Waals surface area contributed by atoms with Gasteiger partial charge in [0, 0.05) is 11.8 Å². The first-order valence-electron chi connectivity index (χ1n) is 3.00. The fraction of sp³-hybridized carbons (Fsp3) is 0.143. The summed E-state index contributed by atoms with van der Waals surface area (Å²) in [5.74, 6) is -1.62. The van der Waals surface area contributed by atoms with Gasteiger partial charge in [0.1, 0.15) is 5.82 Å². The van der Waals surface area contributed by atoms with Crippen LogP contribution in [0.5, 0.6) is 0 Å². The maximum Gasteiger partial charge on any atom is 0.307 e. The highest BCUT2D eigenvalue weighted by Gasteiger charge is 2.04. The zero-order valence-electron chi connectivity index (χ0n) is 5.62. The van der Waals surface area contributed by atoms with Crippen LogP contribution in [-0.2, 0) is 11.2 Å². The van der Waals surface area contributed by atoms with Crippen LogP contribution in [0.15, 0.2) is 18.5 Å². The number of rotatable bonds is 2. The number of nitrogens with zero attached hydrogens (tertiary/aromatic N) is 1. The molecule has 1 heterocycles. The molecular formula is C7H6FNO2. The molecule has 1 N–H and O–H groups in total. The second-order valence-electron chi connectivity index (χ2n) is 2.04. The third kappa shape index (κ3) is 2.00. The summed E-state index contributed by atoms with van der Waals surface area (Å²) in [6, 6.07) is 1.35. The number of aromatic nitrogens is 1. The smallest absolute Gasteiger partial charge is 0.307 e. The van der Waals surface area contributed by atoms with E-state index in [9.17, 15) is 9.18 Å². The Morgan fingerprint density at radius 3 is 3.00 bits per heavy atom. The Bertz CT molecular complexity index is 275. The van der Waals surface area contributed by atoms with Gasteiger partial charge < -0.3 is 5.11 Å². The topological polar surface area (TPSA) is 50.2 Å². The van der Waals surface area contributed by atoms with Crippen molar-refractivity contribution in [3.8, 4) is 0 Å². The molecule has 0 saturated carbocycles. The first-order valence-corrected chi connectivity index (χ1v) is 3.00. The highest BCUT2D eigenvalue weighted by molar-refractivity contribution is 5.70. The van der Waals surface area contributed by atoms with Gasteiger partial charge in [0.25, 0.3) is 0 Å². The molecule has 1 rings (SSSR count). The van der Waals surface area contributed by atoms with Gasteiger partial charge in [-0.15, -0.1) is 0 Å². The fourth-order valence-electron chi connectivity index (χ4n) is 0.710. The standard InChI is InChI=1S/C7H6FNO2/c8-6-4-9-2-1-5(6)3-7(10)11/h1-2,4H,3H2,(H,10,11). The van der Waals surface area contributed by atoms with Crippen molar-refractivity contribution in [1.29, 1.82) is 0 Å². The van der Waals surface area contributed by atoms with E-state index in [2.05, 4.69) is 4.98 Å². The monoisotopic (exact) mass is 155 g/mol. The van der Waals surface area contributed by atoms with E-state index >= 15 is 0 Å². The van der Waals surface area contributed by atoms with Crippen molar-refractivity contribution < 1.29 is 14.3 Å². The number of hydrogen-bond acceptors (Lipinski definition) is 2. The molecule has 1 aromatic heterocycles. The van der Waals surface area contributed by atoms with Crippen LogP contribution < -0.4 is 0 Å². The summed E-state index contributed by atoms with van der Waals surface area (Å²) < 4.78 is 12.6. The van der Waals surface area contributed by atoms with E-state index in [1.54, 1.807) is 0 Å². The summed E-state index contributed by atoms with van der Waals surface area (Å²) >= 11 is 0. The third-order valence-electron chi connectivity index (χ3n) is 1.20. The molecule has 0 atom stereocenters. The lowest BCUT2D eigenvalue weighted by molar-refractivity contribution is -0.136. The minimum Gasteiger partial charge on any atom is -0.481 e. The van der Waals surface area contributed by atoms with Crippen molar-refractivity contribution in [1.82, 2.24) is 4.98 Å². The largest absolute Gasteiger partial charge is 0.481 e. The number of carboxylic acids is 1. The molecule has 0 spiro atoms. The zero-order valence-corrected chi connectivity index (χ0v) is 5.62. The van der Waals surface area contributed by atoms with Crippen molar-refractivity contribution in [2.75, 3.05) is 0 Å². The van der Waals surface area contributed by atoms with Crippen molar-refractivity contribution in [3.05, 3.63) is 29.8 Å². The minimum absolute atomic E-state index is 0.160. The van der Waals surface area contributed by atoms with E-state index in [-0.39, 0.29) is 12.0 Å². The number of carbonyl (C=O) groups is 1. The first kappa shape index (κ1) is 7.65. The Kier molecular flexibility index (Phi) is 2.15. The molecule has 58 valence electrons. The van der Waals surface area contributed by atoms with Crippen LogP contribution in [0.2, 0.25) is 0 Å². The molecule has 0 unspecified atom stereocenters. The van der Waals surface area contributed by atoms with Crippen molar-refractivity contribution >= 4 is 5.97 Å². The molecule has 0 aliphatic heterocycles. The highest BCUT2D eigenvalue weighted by Crippen LogP contribution is 2.04. The lowest BCUT2D eigenvalue weighted by Gasteiger charge is -1.95. The van der Waals surface area contributed by atoms with Crippen molar-refractivity contribution in [2.24, 2.45) is 0 Å². The molecule has 1 aromatic rings. The molecule has 0 aliphatic rings. The Morgan fingerprint density at radius 1 is 1.73 bits per heavy atom. The van der Waals surface area contributed by atoms with Crippen LogP contribution in [-0.4, -0.2) is 16.1 Å². The fourth-order valence-corrected chi connectivity index (χ4v) is 0.710. The van der Waals surface area contributed by atoms with Crippen LogP contribution in [0.3, 0.4) is 0 Å². The summed E-state index contributed by atoms with van der Waals surface area (Å²) in [5.41, 5.74) is 0.160. The summed E-state index contributed by atoms with van der Waals surface area (Å²) in [7, 11) is 0. The molecule has 0 fully saturated rings. The van der Waals surface area contributed by atoms with E-state index in [1.165, 1.54) is 12.3 Å². The molecule has 0 saturated heterocycles. The lowest BCUT2D eigenvalue weighted by atomic mass is 10.2. The number of pyridine rings is 1. The molecule has 0 aliphatic carbocycles. The maximum absolute atomic E-state index is 12.6. The average molecular weight is 155 g/mol. The van der Waals surface area contributed by atoms with Crippen molar-refractivity contribution in [3.63, 3.8) is 0 Å². The molecule has 0 bridgehead atoms.